The van der Waals surface area contributed by atoms with E-state index in [-0.39, 0.29) is 16.5 Å². The van der Waals surface area contributed by atoms with Crippen LogP contribution in [0.4, 0.5) is 5.69 Å². The number of benzene rings is 3. The molecule has 0 spiro atoms. The lowest BCUT2D eigenvalue weighted by Crippen LogP contribution is -2.26. The van der Waals surface area contributed by atoms with E-state index in [4.69, 9.17) is 14.2 Å². The van der Waals surface area contributed by atoms with Gasteiger partial charge in [0.1, 0.15) is 5.75 Å². The van der Waals surface area contributed by atoms with Crippen LogP contribution in [0, 0.1) is 0 Å². The lowest BCUT2D eigenvalue weighted by atomic mass is 10.1. The van der Waals surface area contributed by atoms with Crippen LogP contribution in [0.1, 0.15) is 22.3 Å². The molecule has 0 saturated carbocycles. The van der Waals surface area contributed by atoms with E-state index in [1.165, 1.54) is 18.2 Å². The molecular formula is C25H26N2O6S. The number of carbonyl (C=O) groups excluding carboxylic acids is 1. The largest absolute Gasteiger partial charge is 0.496 e. The van der Waals surface area contributed by atoms with Gasteiger partial charge in [-0.1, -0.05) is 24.3 Å². The molecular weight excluding hydrogens is 456 g/mol. The molecule has 1 amide bonds. The number of ether oxygens (including phenoxy) is 3. The van der Waals surface area contributed by atoms with Crippen molar-refractivity contribution in [2.24, 2.45) is 0 Å². The summed E-state index contributed by atoms with van der Waals surface area (Å²) in [6, 6.07) is 18.4. The van der Waals surface area contributed by atoms with Crippen molar-refractivity contribution in [3.05, 3.63) is 77.9 Å². The summed E-state index contributed by atoms with van der Waals surface area (Å²) in [5.74, 6) is 1.35. The Bertz CT molecular complexity index is 1290. The predicted octanol–water partition coefficient (Wildman–Crippen LogP) is 3.93. The van der Waals surface area contributed by atoms with Crippen LogP contribution >= 0.6 is 0 Å². The number of fused-ring (bicyclic) bond motifs is 1. The molecule has 1 N–H and O–H groups in total. The maximum atomic E-state index is 13.0. The van der Waals surface area contributed by atoms with Crippen LogP contribution < -0.4 is 18.9 Å². The van der Waals surface area contributed by atoms with Gasteiger partial charge in [0.05, 0.1) is 25.2 Å². The summed E-state index contributed by atoms with van der Waals surface area (Å²) < 4.78 is 45.0. The molecule has 4 rings (SSSR count). The number of hydrogen-bond donors (Lipinski definition) is 1. The number of sulfonamides is 1. The maximum absolute atomic E-state index is 13.0. The second kappa shape index (κ2) is 10.0. The van der Waals surface area contributed by atoms with Crippen LogP contribution in [0.2, 0.25) is 0 Å². The number of anilines is 1. The molecule has 3 aromatic rings. The van der Waals surface area contributed by atoms with Crippen LogP contribution in [0.3, 0.4) is 0 Å². The number of nitrogens with one attached hydrogen (secondary N) is 1. The zero-order chi connectivity index (χ0) is 24.1. The maximum Gasteiger partial charge on any atom is 0.262 e. The van der Waals surface area contributed by atoms with Crippen molar-refractivity contribution in [3.8, 4) is 17.2 Å². The molecule has 0 radical (unpaired) electrons. The van der Waals surface area contributed by atoms with Gasteiger partial charge in [-0.05, 0) is 36.4 Å². The van der Waals surface area contributed by atoms with Gasteiger partial charge in [0.2, 0.25) is 0 Å². The Morgan fingerprint density at radius 1 is 1.00 bits per heavy atom. The summed E-state index contributed by atoms with van der Waals surface area (Å²) in [5, 5.41) is 0. The Labute approximate surface area is 199 Å². The number of nitrogens with zero attached hydrogens (tertiary/aromatic N) is 1. The van der Waals surface area contributed by atoms with E-state index in [0.29, 0.717) is 42.6 Å². The topological polar surface area (TPSA) is 94.2 Å². The second-order valence-corrected chi connectivity index (χ2v) is 9.50. The standard InChI is InChI=1S/C25H26N2O6S/c1-27(17-19-7-3-4-10-22(19)31-2)25(28)18-8-5-9-20(15-18)26-34(29,30)21-11-12-23-24(16-21)33-14-6-13-32-23/h3-5,7-12,15-16,26H,6,13-14,17H2,1-2H3. The Balaban J connectivity index is 1.51. The third kappa shape index (κ3) is 5.26. The first-order valence-corrected chi connectivity index (χ1v) is 12.3. The van der Waals surface area contributed by atoms with Gasteiger partial charge in [0.15, 0.2) is 11.5 Å². The smallest absolute Gasteiger partial charge is 0.262 e. The summed E-state index contributed by atoms with van der Waals surface area (Å²) >= 11 is 0. The normalized spacial score (nSPS) is 13.0. The van der Waals surface area contributed by atoms with E-state index in [1.807, 2.05) is 24.3 Å². The van der Waals surface area contributed by atoms with Crippen LogP contribution in [-0.4, -0.2) is 46.6 Å². The van der Waals surface area contributed by atoms with E-state index in [2.05, 4.69) is 4.72 Å². The highest BCUT2D eigenvalue weighted by Crippen LogP contribution is 2.32. The van der Waals surface area contributed by atoms with E-state index < -0.39 is 10.0 Å². The molecule has 0 bridgehead atoms. The third-order valence-corrected chi connectivity index (χ3v) is 6.72. The van der Waals surface area contributed by atoms with Gasteiger partial charge in [-0.2, -0.15) is 0 Å². The van der Waals surface area contributed by atoms with E-state index in [0.717, 1.165) is 12.0 Å². The van der Waals surface area contributed by atoms with Crippen molar-refractivity contribution in [1.82, 2.24) is 4.90 Å². The lowest BCUT2D eigenvalue weighted by molar-refractivity contribution is 0.0784. The van der Waals surface area contributed by atoms with Crippen molar-refractivity contribution in [2.75, 3.05) is 32.1 Å². The Morgan fingerprint density at radius 3 is 2.56 bits per heavy atom. The quantitative estimate of drug-likeness (QED) is 0.548. The molecule has 0 saturated heterocycles. The number of rotatable bonds is 7. The minimum Gasteiger partial charge on any atom is -0.496 e. The Kier molecular flexibility index (Phi) is 6.93. The molecule has 0 fully saturated rings. The van der Waals surface area contributed by atoms with Crippen molar-refractivity contribution < 1.29 is 27.4 Å². The highest BCUT2D eigenvalue weighted by molar-refractivity contribution is 7.92. The molecule has 1 aliphatic rings. The van der Waals surface area contributed by atoms with Crippen LogP contribution in [0.5, 0.6) is 17.2 Å². The van der Waals surface area contributed by atoms with Gasteiger partial charge in [0, 0.05) is 42.9 Å². The molecule has 34 heavy (non-hydrogen) atoms. The van der Waals surface area contributed by atoms with Gasteiger partial charge in [-0.25, -0.2) is 8.42 Å². The number of hydrogen-bond acceptors (Lipinski definition) is 6. The summed E-state index contributed by atoms with van der Waals surface area (Å²) in [4.78, 5) is 14.6. The molecule has 0 aromatic heterocycles. The fourth-order valence-electron chi connectivity index (χ4n) is 3.62. The molecule has 0 aliphatic carbocycles. The van der Waals surface area contributed by atoms with E-state index in [9.17, 15) is 13.2 Å². The summed E-state index contributed by atoms with van der Waals surface area (Å²) in [6.07, 6.45) is 0.724. The first kappa shape index (κ1) is 23.4. The Hall–Kier alpha value is -3.72. The number of amides is 1. The van der Waals surface area contributed by atoms with Crippen LogP contribution in [0.25, 0.3) is 0 Å². The molecule has 9 heteroatoms. The Morgan fingerprint density at radius 2 is 1.76 bits per heavy atom. The molecule has 3 aromatic carbocycles. The second-order valence-electron chi connectivity index (χ2n) is 7.82. The van der Waals surface area contributed by atoms with Gasteiger partial charge in [0.25, 0.3) is 15.9 Å². The van der Waals surface area contributed by atoms with Crippen LogP contribution in [0.15, 0.2) is 71.6 Å². The SMILES string of the molecule is COc1ccccc1CN(C)C(=O)c1cccc(NS(=O)(=O)c2ccc3c(c2)OCCCO3)c1. The first-order chi connectivity index (χ1) is 16.4. The minimum absolute atomic E-state index is 0.0433. The average molecular weight is 483 g/mol. The average Bonchev–Trinajstić information content (AvgIpc) is 3.09. The third-order valence-electron chi connectivity index (χ3n) is 5.34. The highest BCUT2D eigenvalue weighted by Gasteiger charge is 2.20. The van der Waals surface area contributed by atoms with Crippen molar-refractivity contribution >= 4 is 21.6 Å². The highest BCUT2D eigenvalue weighted by atomic mass is 32.2. The number of para-hydroxylation sites is 1. The predicted molar refractivity (Wildman–Crippen MR) is 128 cm³/mol. The molecule has 8 nitrogen and oxygen atoms in total. The fraction of sp³-hybridized carbons (Fsp3) is 0.240. The van der Waals surface area contributed by atoms with Crippen molar-refractivity contribution in [1.29, 1.82) is 0 Å². The first-order valence-electron chi connectivity index (χ1n) is 10.8. The fourth-order valence-corrected chi connectivity index (χ4v) is 4.69. The monoisotopic (exact) mass is 482 g/mol. The minimum atomic E-state index is -3.91. The number of methoxy groups -OCH3 is 1. The van der Waals surface area contributed by atoms with Crippen molar-refractivity contribution in [2.45, 2.75) is 17.9 Å². The molecule has 0 atom stereocenters. The van der Waals surface area contributed by atoms with E-state index >= 15 is 0 Å². The summed E-state index contributed by atoms with van der Waals surface area (Å²) in [6.45, 7) is 1.32. The van der Waals surface area contributed by atoms with Crippen molar-refractivity contribution in [3.63, 3.8) is 0 Å². The molecule has 1 heterocycles. The van der Waals surface area contributed by atoms with E-state index in [1.54, 1.807) is 43.3 Å². The summed E-state index contributed by atoms with van der Waals surface area (Å²) in [5.41, 5.74) is 1.51. The van der Waals surface area contributed by atoms with Gasteiger partial charge in [-0.15, -0.1) is 0 Å². The van der Waals surface area contributed by atoms with Gasteiger partial charge >= 0.3 is 0 Å². The molecule has 178 valence electrons. The summed E-state index contributed by atoms with van der Waals surface area (Å²) in [7, 11) is -0.639. The zero-order valence-corrected chi connectivity index (χ0v) is 19.8. The molecule has 0 unspecified atom stereocenters. The van der Waals surface area contributed by atoms with Crippen LogP contribution in [-0.2, 0) is 16.6 Å². The lowest BCUT2D eigenvalue weighted by Gasteiger charge is -2.19. The number of carbonyl (C=O) groups is 1. The van der Waals surface area contributed by atoms with Gasteiger partial charge < -0.3 is 19.1 Å². The molecule has 1 aliphatic heterocycles. The van der Waals surface area contributed by atoms with Gasteiger partial charge in [-0.3, -0.25) is 9.52 Å². The zero-order valence-electron chi connectivity index (χ0n) is 19.0.